The van der Waals surface area contributed by atoms with Gasteiger partial charge in [-0.3, -0.25) is 0 Å². The minimum Gasteiger partial charge on any atom is -0.361 e. The highest BCUT2D eigenvalue weighted by Gasteiger charge is 2.05. The van der Waals surface area contributed by atoms with Crippen molar-refractivity contribution in [1.82, 2.24) is 15.2 Å². The molecule has 2 aromatic rings. The summed E-state index contributed by atoms with van der Waals surface area (Å²) < 4.78 is 0.967. The highest BCUT2D eigenvalue weighted by molar-refractivity contribution is 7.22. The molecule has 0 aromatic carbocycles. The SMILES string of the molecule is CCCCNc1nc2nnc(Cl)cc2s1. The van der Waals surface area contributed by atoms with Gasteiger partial charge >= 0.3 is 0 Å². The standard InChI is InChI=1S/C9H11ClN4S/c1-2-3-4-11-9-12-8-6(15-9)5-7(10)13-14-8/h5H,2-4H2,1H3,(H,11,12,14). The van der Waals surface area contributed by atoms with Crippen LogP contribution in [0.5, 0.6) is 0 Å². The van der Waals surface area contributed by atoms with Gasteiger partial charge in [-0.1, -0.05) is 36.3 Å². The number of thiazole rings is 1. The fourth-order valence-corrected chi connectivity index (χ4v) is 2.24. The van der Waals surface area contributed by atoms with Gasteiger partial charge in [-0.05, 0) is 12.5 Å². The van der Waals surface area contributed by atoms with Crippen LogP contribution in [0.2, 0.25) is 5.15 Å². The van der Waals surface area contributed by atoms with E-state index in [2.05, 4.69) is 27.4 Å². The molecule has 6 heteroatoms. The number of nitrogens with zero attached hydrogens (tertiary/aromatic N) is 3. The minimum absolute atomic E-state index is 0.409. The van der Waals surface area contributed by atoms with E-state index in [4.69, 9.17) is 11.6 Å². The van der Waals surface area contributed by atoms with E-state index in [1.54, 1.807) is 17.4 Å². The number of unbranched alkanes of at least 4 members (excludes halogenated alkanes) is 1. The molecular weight excluding hydrogens is 232 g/mol. The molecule has 0 radical (unpaired) electrons. The van der Waals surface area contributed by atoms with Gasteiger partial charge in [-0.15, -0.1) is 10.2 Å². The molecule has 4 nitrogen and oxygen atoms in total. The average Bonchev–Trinajstić information content (AvgIpc) is 2.60. The van der Waals surface area contributed by atoms with Gasteiger partial charge in [0.1, 0.15) is 0 Å². The summed E-state index contributed by atoms with van der Waals surface area (Å²) in [4.78, 5) is 4.30. The van der Waals surface area contributed by atoms with Crippen molar-refractivity contribution in [2.75, 3.05) is 11.9 Å². The number of hydrogen-bond acceptors (Lipinski definition) is 5. The van der Waals surface area contributed by atoms with Crippen LogP contribution in [0.25, 0.3) is 10.3 Å². The third-order valence-electron chi connectivity index (χ3n) is 1.93. The second kappa shape index (κ2) is 4.72. The molecular formula is C9H11ClN4S. The van der Waals surface area contributed by atoms with Crippen molar-refractivity contribution in [2.45, 2.75) is 19.8 Å². The van der Waals surface area contributed by atoms with Crippen LogP contribution in [-0.2, 0) is 0 Å². The Morgan fingerprint density at radius 1 is 1.47 bits per heavy atom. The van der Waals surface area contributed by atoms with E-state index in [9.17, 15) is 0 Å². The molecule has 0 spiro atoms. The number of fused-ring (bicyclic) bond motifs is 1. The summed E-state index contributed by atoms with van der Waals surface area (Å²) in [5.74, 6) is 0. The molecule has 0 fully saturated rings. The first kappa shape index (κ1) is 10.6. The molecule has 2 heterocycles. The zero-order valence-corrected chi connectivity index (χ0v) is 9.90. The average molecular weight is 243 g/mol. The predicted molar refractivity (Wildman–Crippen MR) is 63.6 cm³/mol. The Labute approximate surface area is 96.7 Å². The summed E-state index contributed by atoms with van der Waals surface area (Å²) in [6.45, 7) is 3.10. The van der Waals surface area contributed by atoms with Gasteiger partial charge < -0.3 is 5.32 Å². The van der Waals surface area contributed by atoms with Crippen LogP contribution in [-0.4, -0.2) is 21.7 Å². The van der Waals surface area contributed by atoms with Crippen LogP contribution in [0.3, 0.4) is 0 Å². The molecule has 0 bridgehead atoms. The molecule has 0 atom stereocenters. The van der Waals surface area contributed by atoms with Crippen molar-refractivity contribution in [3.8, 4) is 0 Å². The lowest BCUT2D eigenvalue weighted by molar-refractivity contribution is 0.833. The van der Waals surface area contributed by atoms with Gasteiger partial charge in [-0.2, -0.15) is 4.98 Å². The number of halogens is 1. The zero-order chi connectivity index (χ0) is 10.7. The maximum Gasteiger partial charge on any atom is 0.194 e. The van der Waals surface area contributed by atoms with Gasteiger partial charge in [-0.25, -0.2) is 0 Å². The number of anilines is 1. The largest absolute Gasteiger partial charge is 0.361 e. The fourth-order valence-electron chi connectivity index (χ4n) is 1.17. The monoisotopic (exact) mass is 242 g/mol. The second-order valence-corrected chi connectivity index (χ2v) is 4.57. The molecule has 0 aliphatic heterocycles. The van der Waals surface area contributed by atoms with Crippen molar-refractivity contribution in [3.05, 3.63) is 11.2 Å². The molecule has 0 saturated heterocycles. The minimum atomic E-state index is 0.409. The van der Waals surface area contributed by atoms with Crippen molar-refractivity contribution in [3.63, 3.8) is 0 Å². The van der Waals surface area contributed by atoms with Crippen molar-refractivity contribution >= 4 is 38.4 Å². The first-order chi connectivity index (χ1) is 7.29. The Balaban J connectivity index is 2.16. The van der Waals surface area contributed by atoms with Crippen molar-refractivity contribution < 1.29 is 0 Å². The Morgan fingerprint density at radius 3 is 3.13 bits per heavy atom. The highest BCUT2D eigenvalue weighted by Crippen LogP contribution is 2.25. The van der Waals surface area contributed by atoms with Gasteiger partial charge in [0.25, 0.3) is 0 Å². The topological polar surface area (TPSA) is 50.7 Å². The lowest BCUT2D eigenvalue weighted by atomic mass is 10.3. The number of nitrogens with one attached hydrogen (secondary N) is 1. The van der Waals surface area contributed by atoms with Crippen LogP contribution < -0.4 is 5.32 Å². The van der Waals surface area contributed by atoms with E-state index in [0.29, 0.717) is 10.8 Å². The molecule has 0 unspecified atom stereocenters. The Bertz CT molecular complexity index is 456. The maximum absolute atomic E-state index is 5.74. The molecule has 0 saturated carbocycles. The van der Waals surface area contributed by atoms with E-state index < -0.39 is 0 Å². The van der Waals surface area contributed by atoms with Crippen LogP contribution in [0.15, 0.2) is 6.07 Å². The quantitative estimate of drug-likeness (QED) is 0.838. The molecule has 0 amide bonds. The Kier molecular flexibility index (Phi) is 3.33. The zero-order valence-electron chi connectivity index (χ0n) is 8.33. The maximum atomic E-state index is 5.74. The van der Waals surface area contributed by atoms with E-state index >= 15 is 0 Å². The lowest BCUT2D eigenvalue weighted by Crippen LogP contribution is -1.99. The molecule has 0 aliphatic rings. The molecule has 80 valence electrons. The molecule has 2 aromatic heterocycles. The summed E-state index contributed by atoms with van der Waals surface area (Å²) in [6.07, 6.45) is 2.31. The fraction of sp³-hybridized carbons (Fsp3) is 0.444. The summed E-state index contributed by atoms with van der Waals surface area (Å²) in [7, 11) is 0. The highest BCUT2D eigenvalue weighted by atomic mass is 35.5. The van der Waals surface area contributed by atoms with Gasteiger partial charge in [0.05, 0.1) is 4.70 Å². The smallest absolute Gasteiger partial charge is 0.194 e. The first-order valence-corrected chi connectivity index (χ1v) is 6.02. The normalized spacial score (nSPS) is 10.8. The van der Waals surface area contributed by atoms with Crippen LogP contribution in [0.1, 0.15) is 19.8 Å². The third-order valence-corrected chi connectivity index (χ3v) is 3.07. The second-order valence-electron chi connectivity index (χ2n) is 3.15. The van der Waals surface area contributed by atoms with Gasteiger partial charge in [0, 0.05) is 6.54 Å². The molecule has 0 aliphatic carbocycles. The Morgan fingerprint density at radius 2 is 2.33 bits per heavy atom. The summed E-state index contributed by atoms with van der Waals surface area (Å²) in [6, 6.07) is 1.78. The number of rotatable bonds is 4. The predicted octanol–water partition coefficient (Wildman–Crippen LogP) is 2.95. The molecule has 1 N–H and O–H groups in total. The number of hydrogen-bond donors (Lipinski definition) is 1. The molecule has 2 rings (SSSR count). The van der Waals surface area contributed by atoms with Crippen molar-refractivity contribution in [1.29, 1.82) is 0 Å². The lowest BCUT2D eigenvalue weighted by Gasteiger charge is -1.97. The van der Waals surface area contributed by atoms with Crippen LogP contribution >= 0.6 is 22.9 Å². The Hall–Kier alpha value is -0.940. The third kappa shape index (κ3) is 2.54. The summed E-state index contributed by atoms with van der Waals surface area (Å²) >= 11 is 7.29. The van der Waals surface area contributed by atoms with E-state index in [1.807, 2.05) is 0 Å². The van der Waals surface area contributed by atoms with E-state index in [-0.39, 0.29) is 0 Å². The van der Waals surface area contributed by atoms with Crippen molar-refractivity contribution in [2.24, 2.45) is 0 Å². The van der Waals surface area contributed by atoms with Crippen LogP contribution in [0.4, 0.5) is 5.13 Å². The summed E-state index contributed by atoms with van der Waals surface area (Å²) in [5.41, 5.74) is 0.656. The van der Waals surface area contributed by atoms with E-state index in [0.717, 1.165) is 22.8 Å². The van der Waals surface area contributed by atoms with Gasteiger partial charge in [0.2, 0.25) is 0 Å². The summed E-state index contributed by atoms with van der Waals surface area (Å²) in [5, 5.41) is 12.2. The molecule has 15 heavy (non-hydrogen) atoms. The first-order valence-electron chi connectivity index (χ1n) is 4.83. The van der Waals surface area contributed by atoms with E-state index in [1.165, 1.54) is 6.42 Å². The van der Waals surface area contributed by atoms with Crippen LogP contribution in [0, 0.1) is 0 Å². The number of aromatic nitrogens is 3. The van der Waals surface area contributed by atoms with Gasteiger partial charge in [0.15, 0.2) is 15.9 Å².